The molecule has 0 radical (unpaired) electrons. The molecule has 0 aliphatic carbocycles. The minimum absolute atomic E-state index is 0.0532. The molecule has 2 aliphatic rings. The maximum Gasteiger partial charge on any atom is 0.255 e. The van der Waals surface area contributed by atoms with Gasteiger partial charge in [0.2, 0.25) is 0 Å². The van der Waals surface area contributed by atoms with Gasteiger partial charge in [-0.15, -0.1) is 0 Å². The van der Waals surface area contributed by atoms with Gasteiger partial charge in [-0.3, -0.25) is 9.69 Å². The van der Waals surface area contributed by atoms with Gasteiger partial charge in [0.15, 0.2) is 0 Å². The lowest BCUT2D eigenvalue weighted by Crippen LogP contribution is -2.53. The van der Waals surface area contributed by atoms with Crippen LogP contribution in [-0.4, -0.2) is 46.0 Å². The van der Waals surface area contributed by atoms with E-state index >= 15 is 0 Å². The molecule has 6 heteroatoms. The second-order valence-electron chi connectivity index (χ2n) is 6.41. The highest BCUT2D eigenvalue weighted by atomic mass is 16.5. The number of para-hydroxylation sites is 1. The van der Waals surface area contributed by atoms with Crippen LogP contribution in [0.15, 0.2) is 42.7 Å². The van der Waals surface area contributed by atoms with E-state index in [1.165, 1.54) is 0 Å². The number of aromatic nitrogens is 2. The Morgan fingerprint density at radius 1 is 1.12 bits per heavy atom. The van der Waals surface area contributed by atoms with Crippen LogP contribution in [0.5, 0.6) is 5.75 Å². The first-order chi connectivity index (χ1) is 11.7. The van der Waals surface area contributed by atoms with Crippen LogP contribution in [0.25, 0.3) is 0 Å². The highest BCUT2D eigenvalue weighted by Crippen LogP contribution is 2.32. The third kappa shape index (κ3) is 2.97. The van der Waals surface area contributed by atoms with Crippen molar-refractivity contribution in [3.63, 3.8) is 0 Å². The standard InChI is InChI=1S/C18H20N4O2/c23-17-14-4-1-2-5-15(14)24-18(13-21-17)6-10-22(11-7-18)12-16-19-8-3-9-20-16/h1-5,8-9H,6-7,10-13H2,(H,21,23). The van der Waals surface area contributed by atoms with Gasteiger partial charge in [-0.25, -0.2) is 9.97 Å². The summed E-state index contributed by atoms with van der Waals surface area (Å²) in [6.07, 6.45) is 5.28. The number of ether oxygens (including phenoxy) is 1. The molecular formula is C18H20N4O2. The second kappa shape index (κ2) is 6.20. The maximum absolute atomic E-state index is 12.2. The summed E-state index contributed by atoms with van der Waals surface area (Å²) in [4.78, 5) is 23.1. The molecule has 0 unspecified atom stereocenters. The summed E-state index contributed by atoms with van der Waals surface area (Å²) in [5.74, 6) is 1.48. The van der Waals surface area contributed by atoms with Gasteiger partial charge in [0.25, 0.3) is 5.91 Å². The molecule has 4 rings (SSSR count). The van der Waals surface area contributed by atoms with Crippen LogP contribution in [0.3, 0.4) is 0 Å². The van der Waals surface area contributed by atoms with E-state index in [1.807, 2.05) is 30.3 Å². The zero-order valence-corrected chi connectivity index (χ0v) is 13.4. The van der Waals surface area contributed by atoms with Crippen LogP contribution in [-0.2, 0) is 6.54 Å². The first kappa shape index (κ1) is 15.1. The predicted molar refractivity (Wildman–Crippen MR) is 88.7 cm³/mol. The quantitative estimate of drug-likeness (QED) is 0.909. The Morgan fingerprint density at radius 2 is 1.88 bits per heavy atom. The highest BCUT2D eigenvalue weighted by Gasteiger charge is 2.39. The number of rotatable bonds is 2. The molecule has 0 saturated carbocycles. The SMILES string of the molecule is O=C1NCC2(CCN(Cc3ncccn3)CC2)Oc2ccccc21. The Hall–Kier alpha value is -2.47. The molecule has 124 valence electrons. The number of carbonyl (C=O) groups excluding carboxylic acids is 1. The molecule has 0 bridgehead atoms. The number of nitrogens with zero attached hydrogens (tertiary/aromatic N) is 3. The van der Waals surface area contributed by atoms with Crippen molar-refractivity contribution in [2.24, 2.45) is 0 Å². The van der Waals surface area contributed by atoms with E-state index in [9.17, 15) is 4.79 Å². The van der Waals surface area contributed by atoms with Crippen LogP contribution in [0.4, 0.5) is 0 Å². The molecule has 1 aromatic heterocycles. The molecule has 2 aliphatic heterocycles. The van der Waals surface area contributed by atoms with Gasteiger partial charge in [0, 0.05) is 38.3 Å². The van der Waals surface area contributed by atoms with Gasteiger partial charge < -0.3 is 10.1 Å². The molecule has 3 heterocycles. The molecule has 1 amide bonds. The van der Waals surface area contributed by atoms with Crippen molar-refractivity contribution < 1.29 is 9.53 Å². The fourth-order valence-electron chi connectivity index (χ4n) is 3.36. The van der Waals surface area contributed by atoms with Crippen LogP contribution >= 0.6 is 0 Å². The monoisotopic (exact) mass is 324 g/mol. The van der Waals surface area contributed by atoms with Gasteiger partial charge >= 0.3 is 0 Å². The van der Waals surface area contributed by atoms with E-state index in [0.29, 0.717) is 17.9 Å². The number of hydrogen-bond donors (Lipinski definition) is 1. The number of benzene rings is 1. The van der Waals surface area contributed by atoms with Crippen molar-refractivity contribution in [1.82, 2.24) is 20.2 Å². The van der Waals surface area contributed by atoms with Gasteiger partial charge in [-0.05, 0) is 18.2 Å². The topological polar surface area (TPSA) is 67.4 Å². The maximum atomic E-state index is 12.2. The summed E-state index contributed by atoms with van der Waals surface area (Å²) >= 11 is 0. The van der Waals surface area contributed by atoms with E-state index < -0.39 is 0 Å². The Kier molecular flexibility index (Phi) is 3.90. The van der Waals surface area contributed by atoms with E-state index in [1.54, 1.807) is 12.4 Å². The minimum Gasteiger partial charge on any atom is -0.485 e. The number of carbonyl (C=O) groups is 1. The van der Waals surface area contributed by atoms with Crippen LogP contribution in [0, 0.1) is 0 Å². The fourth-order valence-corrected chi connectivity index (χ4v) is 3.36. The third-order valence-electron chi connectivity index (χ3n) is 4.78. The Balaban J connectivity index is 1.46. The van der Waals surface area contributed by atoms with Crippen LogP contribution in [0.2, 0.25) is 0 Å². The Bertz CT molecular complexity index is 727. The molecule has 6 nitrogen and oxygen atoms in total. The van der Waals surface area contributed by atoms with Crippen molar-refractivity contribution in [1.29, 1.82) is 0 Å². The number of hydrogen-bond acceptors (Lipinski definition) is 5. The van der Waals surface area contributed by atoms with Gasteiger partial charge in [-0.1, -0.05) is 12.1 Å². The largest absolute Gasteiger partial charge is 0.485 e. The van der Waals surface area contributed by atoms with Gasteiger partial charge in [0.05, 0.1) is 18.7 Å². The summed E-state index contributed by atoms with van der Waals surface area (Å²) in [7, 11) is 0. The second-order valence-corrected chi connectivity index (χ2v) is 6.41. The minimum atomic E-state index is -0.323. The average molecular weight is 324 g/mol. The van der Waals surface area contributed by atoms with Crippen LogP contribution < -0.4 is 10.1 Å². The van der Waals surface area contributed by atoms with Crippen molar-refractivity contribution in [3.8, 4) is 5.75 Å². The molecule has 0 atom stereocenters. The zero-order valence-electron chi connectivity index (χ0n) is 13.4. The lowest BCUT2D eigenvalue weighted by molar-refractivity contribution is 0.00332. The molecular weight excluding hydrogens is 304 g/mol. The van der Waals surface area contributed by atoms with Crippen molar-refractivity contribution in [2.75, 3.05) is 19.6 Å². The lowest BCUT2D eigenvalue weighted by Gasteiger charge is -2.40. The summed E-state index contributed by atoms with van der Waals surface area (Å²) in [6, 6.07) is 9.29. The zero-order chi connectivity index (χ0) is 16.4. The normalized spacial score (nSPS) is 19.9. The molecule has 1 saturated heterocycles. The molecule has 1 aromatic carbocycles. The molecule has 1 spiro atoms. The van der Waals surface area contributed by atoms with E-state index in [-0.39, 0.29) is 11.5 Å². The van der Waals surface area contributed by atoms with Crippen molar-refractivity contribution in [2.45, 2.75) is 25.0 Å². The molecule has 1 fully saturated rings. The smallest absolute Gasteiger partial charge is 0.255 e. The van der Waals surface area contributed by atoms with E-state index in [4.69, 9.17) is 4.74 Å². The summed E-state index contributed by atoms with van der Waals surface area (Å²) in [5.41, 5.74) is 0.297. The number of likely N-dealkylation sites (tertiary alicyclic amines) is 1. The van der Waals surface area contributed by atoms with E-state index in [2.05, 4.69) is 20.2 Å². The summed E-state index contributed by atoms with van der Waals surface area (Å²) < 4.78 is 6.31. The molecule has 24 heavy (non-hydrogen) atoms. The summed E-state index contributed by atoms with van der Waals surface area (Å²) in [5, 5.41) is 3.02. The predicted octanol–water partition coefficient (Wildman–Crippen LogP) is 1.63. The number of fused-ring (bicyclic) bond motifs is 1. The summed E-state index contributed by atoms with van der Waals surface area (Å²) in [6.45, 7) is 3.10. The highest BCUT2D eigenvalue weighted by molar-refractivity contribution is 5.97. The number of nitrogens with one attached hydrogen (secondary N) is 1. The number of amides is 1. The first-order valence-electron chi connectivity index (χ1n) is 8.29. The van der Waals surface area contributed by atoms with Crippen LogP contribution in [0.1, 0.15) is 29.0 Å². The molecule has 1 N–H and O–H groups in total. The Morgan fingerprint density at radius 3 is 2.67 bits per heavy atom. The van der Waals surface area contributed by atoms with Gasteiger partial charge in [-0.2, -0.15) is 0 Å². The fraction of sp³-hybridized carbons (Fsp3) is 0.389. The lowest BCUT2D eigenvalue weighted by atomic mass is 9.91. The van der Waals surface area contributed by atoms with Gasteiger partial charge in [0.1, 0.15) is 17.2 Å². The van der Waals surface area contributed by atoms with Crippen molar-refractivity contribution in [3.05, 3.63) is 54.1 Å². The number of piperidine rings is 1. The Labute approximate surface area is 140 Å². The molecule has 2 aromatic rings. The van der Waals surface area contributed by atoms with E-state index in [0.717, 1.165) is 38.3 Å². The third-order valence-corrected chi connectivity index (χ3v) is 4.78. The first-order valence-corrected chi connectivity index (χ1v) is 8.29. The van der Waals surface area contributed by atoms with Crippen molar-refractivity contribution >= 4 is 5.91 Å². The average Bonchev–Trinajstić information content (AvgIpc) is 2.76.